The number of carbonyl (C=O) groups is 1. The third kappa shape index (κ3) is 4.89. The largest absolute Gasteiger partial charge is 0.368 e. The molecule has 2 aliphatic heterocycles. The first kappa shape index (κ1) is 22.1. The summed E-state index contributed by atoms with van der Waals surface area (Å²) in [6, 6.07) is 14.6. The topological polar surface area (TPSA) is 60.9 Å². The van der Waals surface area contributed by atoms with E-state index in [0.717, 1.165) is 30.8 Å². The van der Waals surface area contributed by atoms with Gasteiger partial charge in [-0.2, -0.15) is 4.31 Å². The number of piperazine rings is 1. The number of benzene rings is 2. The second-order valence-corrected chi connectivity index (χ2v) is 10.7. The van der Waals surface area contributed by atoms with Crippen LogP contribution < -0.4 is 4.90 Å². The molecule has 0 aliphatic carbocycles. The van der Waals surface area contributed by atoms with Gasteiger partial charge >= 0.3 is 0 Å². The Morgan fingerprint density at radius 3 is 2.39 bits per heavy atom. The van der Waals surface area contributed by atoms with E-state index in [1.54, 1.807) is 24.3 Å². The van der Waals surface area contributed by atoms with E-state index in [0.29, 0.717) is 36.0 Å². The lowest BCUT2D eigenvalue weighted by Crippen LogP contribution is -2.53. The van der Waals surface area contributed by atoms with Crippen LogP contribution in [0.1, 0.15) is 18.4 Å². The van der Waals surface area contributed by atoms with Crippen molar-refractivity contribution >= 4 is 33.2 Å². The van der Waals surface area contributed by atoms with Crippen LogP contribution in [-0.2, 0) is 14.8 Å². The van der Waals surface area contributed by atoms with Crippen molar-refractivity contribution in [3.63, 3.8) is 0 Å². The predicted molar refractivity (Wildman–Crippen MR) is 123 cm³/mol. The summed E-state index contributed by atoms with van der Waals surface area (Å²) >= 11 is 6.10. The van der Waals surface area contributed by atoms with Crippen LogP contribution in [0.3, 0.4) is 0 Å². The number of hydrogen-bond donors (Lipinski definition) is 0. The molecule has 2 heterocycles. The van der Waals surface area contributed by atoms with E-state index in [4.69, 9.17) is 11.6 Å². The van der Waals surface area contributed by atoms with Crippen LogP contribution in [-0.4, -0.2) is 62.8 Å². The molecule has 2 aromatic rings. The van der Waals surface area contributed by atoms with Crippen molar-refractivity contribution in [1.82, 2.24) is 9.21 Å². The second kappa shape index (κ2) is 9.18. The Labute approximate surface area is 189 Å². The van der Waals surface area contributed by atoms with Gasteiger partial charge < -0.3 is 9.80 Å². The quantitative estimate of drug-likeness (QED) is 0.700. The Hall–Kier alpha value is -2.09. The van der Waals surface area contributed by atoms with Gasteiger partial charge in [0.2, 0.25) is 15.9 Å². The average Bonchev–Trinajstić information content (AvgIpc) is 2.79. The molecule has 1 atom stereocenters. The standard InChI is InChI=1S/C23H28ClN3O3S/c1-18-7-9-22(10-8-18)31(29,30)27-11-3-4-19(17-27)23(28)26-14-12-25(13-15-26)21-6-2-5-20(24)16-21/h2,5-10,16,19H,3-4,11-15,17H2,1H3. The molecule has 2 aromatic carbocycles. The second-order valence-electron chi connectivity index (χ2n) is 8.31. The monoisotopic (exact) mass is 461 g/mol. The molecule has 31 heavy (non-hydrogen) atoms. The summed E-state index contributed by atoms with van der Waals surface area (Å²) in [6.07, 6.45) is 1.43. The Balaban J connectivity index is 1.38. The molecule has 0 radical (unpaired) electrons. The lowest BCUT2D eigenvalue weighted by atomic mass is 9.97. The van der Waals surface area contributed by atoms with E-state index in [1.165, 1.54) is 4.31 Å². The highest BCUT2D eigenvalue weighted by atomic mass is 35.5. The van der Waals surface area contributed by atoms with E-state index in [9.17, 15) is 13.2 Å². The molecule has 0 spiro atoms. The van der Waals surface area contributed by atoms with Gasteiger partial charge in [0.05, 0.1) is 10.8 Å². The zero-order chi connectivity index (χ0) is 22.0. The van der Waals surface area contributed by atoms with Gasteiger partial charge in [0.1, 0.15) is 0 Å². The minimum absolute atomic E-state index is 0.0644. The number of hydrogen-bond acceptors (Lipinski definition) is 4. The van der Waals surface area contributed by atoms with Gasteiger partial charge in [0, 0.05) is 50.0 Å². The molecule has 2 aliphatic rings. The molecule has 2 fully saturated rings. The smallest absolute Gasteiger partial charge is 0.243 e. The van der Waals surface area contributed by atoms with Crippen LogP contribution in [0, 0.1) is 12.8 Å². The summed E-state index contributed by atoms with van der Waals surface area (Å²) in [4.78, 5) is 17.6. The molecule has 1 unspecified atom stereocenters. The molecule has 4 rings (SSSR count). The van der Waals surface area contributed by atoms with E-state index in [2.05, 4.69) is 4.90 Å². The Kier molecular flexibility index (Phi) is 6.55. The highest BCUT2D eigenvalue weighted by Crippen LogP contribution is 2.26. The average molecular weight is 462 g/mol. The Morgan fingerprint density at radius 1 is 1.00 bits per heavy atom. The number of aryl methyl sites for hydroxylation is 1. The predicted octanol–water partition coefficient (Wildman–Crippen LogP) is 3.40. The van der Waals surface area contributed by atoms with Crippen molar-refractivity contribution < 1.29 is 13.2 Å². The maximum absolute atomic E-state index is 13.2. The molecule has 8 heteroatoms. The summed E-state index contributed by atoms with van der Waals surface area (Å²) in [7, 11) is -3.58. The first-order chi connectivity index (χ1) is 14.8. The number of anilines is 1. The van der Waals surface area contributed by atoms with E-state index in [1.807, 2.05) is 36.1 Å². The maximum atomic E-state index is 13.2. The fourth-order valence-electron chi connectivity index (χ4n) is 4.34. The van der Waals surface area contributed by atoms with Crippen molar-refractivity contribution in [2.75, 3.05) is 44.2 Å². The summed E-state index contributed by atoms with van der Waals surface area (Å²) < 4.78 is 27.6. The highest BCUT2D eigenvalue weighted by molar-refractivity contribution is 7.89. The van der Waals surface area contributed by atoms with Crippen molar-refractivity contribution in [2.24, 2.45) is 5.92 Å². The zero-order valence-electron chi connectivity index (χ0n) is 17.7. The number of carbonyl (C=O) groups excluding carboxylic acids is 1. The van der Waals surface area contributed by atoms with Crippen LogP contribution in [0.2, 0.25) is 5.02 Å². The molecule has 166 valence electrons. The first-order valence-corrected chi connectivity index (χ1v) is 12.5. The first-order valence-electron chi connectivity index (χ1n) is 10.7. The number of nitrogens with zero attached hydrogens (tertiary/aromatic N) is 3. The molecule has 0 N–H and O–H groups in total. The number of sulfonamides is 1. The van der Waals surface area contributed by atoms with Gasteiger partial charge in [-0.3, -0.25) is 4.79 Å². The third-order valence-electron chi connectivity index (χ3n) is 6.16. The van der Waals surface area contributed by atoms with Crippen molar-refractivity contribution in [1.29, 1.82) is 0 Å². The molecule has 2 saturated heterocycles. The summed E-state index contributed by atoms with van der Waals surface area (Å²) in [5, 5.41) is 0.702. The van der Waals surface area contributed by atoms with E-state index < -0.39 is 10.0 Å². The highest BCUT2D eigenvalue weighted by Gasteiger charge is 2.35. The number of halogens is 1. The van der Waals surface area contributed by atoms with Crippen molar-refractivity contribution in [3.8, 4) is 0 Å². The van der Waals surface area contributed by atoms with Gasteiger partial charge in [-0.05, 0) is 50.1 Å². The molecular formula is C23H28ClN3O3S. The summed E-state index contributed by atoms with van der Waals surface area (Å²) in [5.41, 5.74) is 2.08. The van der Waals surface area contributed by atoms with Gasteiger partial charge in [-0.1, -0.05) is 35.4 Å². The van der Waals surface area contributed by atoms with Crippen molar-refractivity contribution in [3.05, 3.63) is 59.1 Å². The SMILES string of the molecule is Cc1ccc(S(=O)(=O)N2CCCC(C(=O)N3CCN(c4cccc(Cl)c4)CC3)C2)cc1. The molecular weight excluding hydrogens is 434 g/mol. The van der Waals surface area contributed by atoms with Crippen molar-refractivity contribution in [2.45, 2.75) is 24.7 Å². The third-order valence-corrected chi connectivity index (χ3v) is 8.27. The van der Waals surface area contributed by atoms with E-state index >= 15 is 0 Å². The summed E-state index contributed by atoms with van der Waals surface area (Å²) in [6.45, 7) is 5.39. The number of amides is 1. The molecule has 6 nitrogen and oxygen atoms in total. The maximum Gasteiger partial charge on any atom is 0.243 e. The van der Waals surface area contributed by atoms with Gasteiger partial charge in [-0.25, -0.2) is 8.42 Å². The van der Waals surface area contributed by atoms with Crippen LogP contribution >= 0.6 is 11.6 Å². The van der Waals surface area contributed by atoms with Gasteiger partial charge in [-0.15, -0.1) is 0 Å². The zero-order valence-corrected chi connectivity index (χ0v) is 19.3. The van der Waals surface area contributed by atoms with Crippen LogP contribution in [0.25, 0.3) is 0 Å². The van der Waals surface area contributed by atoms with Gasteiger partial charge in [0.15, 0.2) is 0 Å². The number of rotatable bonds is 4. The van der Waals surface area contributed by atoms with Crippen LogP contribution in [0.15, 0.2) is 53.4 Å². The lowest BCUT2D eigenvalue weighted by molar-refractivity contribution is -0.137. The Morgan fingerprint density at radius 2 is 1.71 bits per heavy atom. The summed E-state index contributed by atoms with van der Waals surface area (Å²) in [5.74, 6) is -0.221. The van der Waals surface area contributed by atoms with Crippen LogP contribution in [0.5, 0.6) is 0 Å². The minimum atomic E-state index is -3.58. The van der Waals surface area contributed by atoms with Crippen LogP contribution in [0.4, 0.5) is 5.69 Å². The normalized spacial score (nSPS) is 20.6. The molecule has 1 amide bonds. The molecule has 0 aromatic heterocycles. The number of piperidine rings is 1. The minimum Gasteiger partial charge on any atom is -0.368 e. The fourth-order valence-corrected chi connectivity index (χ4v) is 6.05. The van der Waals surface area contributed by atoms with E-state index in [-0.39, 0.29) is 18.4 Å². The van der Waals surface area contributed by atoms with Gasteiger partial charge in [0.25, 0.3) is 0 Å². The lowest BCUT2D eigenvalue weighted by Gasteiger charge is -2.39. The fraction of sp³-hybridized carbons (Fsp3) is 0.435. The molecule has 0 bridgehead atoms. The molecule has 0 saturated carbocycles. The Bertz CT molecular complexity index is 1030.